The maximum Gasteiger partial charge on any atom is 0.291 e. The van der Waals surface area contributed by atoms with Gasteiger partial charge in [0, 0.05) is 11.6 Å². The standard InChI is InChI=1S/C23H25N5O4S2/c1-15-8-7-9-16(14-15)20(29)25-22-26-27-23(33-22)34(31,32)28-19-13-6-5-12-18(19)21(30)24-17-10-3-2-4-11-17/h5-9,12-14,17,28H,2-4,10-11H2,1H3,(H,24,30)(H,25,26,29). The van der Waals surface area contributed by atoms with E-state index in [9.17, 15) is 18.0 Å². The van der Waals surface area contributed by atoms with Gasteiger partial charge in [0.15, 0.2) is 0 Å². The van der Waals surface area contributed by atoms with Gasteiger partial charge in [0.1, 0.15) is 0 Å². The number of anilines is 2. The summed E-state index contributed by atoms with van der Waals surface area (Å²) in [4.78, 5) is 25.2. The highest BCUT2D eigenvalue weighted by molar-refractivity contribution is 7.94. The predicted octanol–water partition coefficient (Wildman–Crippen LogP) is 3.96. The number of amides is 2. The molecule has 0 atom stereocenters. The van der Waals surface area contributed by atoms with Crippen molar-refractivity contribution in [3.05, 3.63) is 65.2 Å². The molecule has 1 saturated carbocycles. The Balaban J connectivity index is 1.47. The van der Waals surface area contributed by atoms with Crippen LogP contribution in [-0.2, 0) is 10.0 Å². The van der Waals surface area contributed by atoms with E-state index in [2.05, 4.69) is 25.6 Å². The van der Waals surface area contributed by atoms with E-state index in [1.54, 1.807) is 36.4 Å². The Morgan fingerprint density at radius 2 is 1.74 bits per heavy atom. The number of aryl methyl sites for hydroxylation is 1. The maximum atomic E-state index is 12.9. The lowest BCUT2D eigenvalue weighted by atomic mass is 9.95. The van der Waals surface area contributed by atoms with Gasteiger partial charge in [0.25, 0.3) is 26.2 Å². The molecular weight excluding hydrogens is 474 g/mol. The van der Waals surface area contributed by atoms with Crippen LogP contribution in [0.15, 0.2) is 52.9 Å². The van der Waals surface area contributed by atoms with Crippen molar-refractivity contribution in [1.82, 2.24) is 15.5 Å². The molecule has 0 bridgehead atoms. The zero-order valence-corrected chi connectivity index (χ0v) is 20.2. The van der Waals surface area contributed by atoms with E-state index >= 15 is 0 Å². The number of carbonyl (C=O) groups excluding carboxylic acids is 2. The van der Waals surface area contributed by atoms with Crippen LogP contribution in [0.4, 0.5) is 10.8 Å². The van der Waals surface area contributed by atoms with Gasteiger partial charge in [0.2, 0.25) is 5.13 Å². The quantitative estimate of drug-likeness (QED) is 0.422. The van der Waals surface area contributed by atoms with Crippen LogP contribution in [0.2, 0.25) is 0 Å². The van der Waals surface area contributed by atoms with Crippen molar-refractivity contribution in [1.29, 1.82) is 0 Å². The molecule has 0 spiro atoms. The average molecular weight is 500 g/mol. The summed E-state index contributed by atoms with van der Waals surface area (Å²) in [5.41, 5.74) is 1.73. The summed E-state index contributed by atoms with van der Waals surface area (Å²) in [6.07, 6.45) is 5.14. The van der Waals surface area contributed by atoms with Gasteiger partial charge in [-0.3, -0.25) is 19.6 Å². The Labute approximate surface area is 202 Å². The molecule has 0 unspecified atom stereocenters. The summed E-state index contributed by atoms with van der Waals surface area (Å²) in [5, 5.41) is 13.1. The molecule has 34 heavy (non-hydrogen) atoms. The van der Waals surface area contributed by atoms with Crippen LogP contribution in [0.5, 0.6) is 0 Å². The molecule has 1 heterocycles. The first-order valence-electron chi connectivity index (χ1n) is 11.0. The van der Waals surface area contributed by atoms with Crippen LogP contribution in [0.1, 0.15) is 58.4 Å². The molecule has 0 saturated heterocycles. The minimum Gasteiger partial charge on any atom is -0.349 e. The van der Waals surface area contributed by atoms with E-state index in [1.165, 1.54) is 6.07 Å². The lowest BCUT2D eigenvalue weighted by molar-refractivity contribution is 0.0928. The van der Waals surface area contributed by atoms with Crippen molar-refractivity contribution >= 4 is 44.0 Å². The summed E-state index contributed by atoms with van der Waals surface area (Å²) in [6, 6.07) is 13.5. The summed E-state index contributed by atoms with van der Waals surface area (Å²) in [7, 11) is -4.13. The molecule has 1 aromatic heterocycles. The third-order valence-corrected chi connectivity index (χ3v) is 8.07. The average Bonchev–Trinajstić information content (AvgIpc) is 3.29. The van der Waals surface area contributed by atoms with Crippen LogP contribution < -0.4 is 15.4 Å². The molecule has 3 N–H and O–H groups in total. The number of nitrogens with one attached hydrogen (secondary N) is 3. The number of rotatable bonds is 7. The minimum absolute atomic E-state index is 0.0511. The minimum atomic E-state index is -4.13. The number of para-hydroxylation sites is 1. The van der Waals surface area contributed by atoms with Gasteiger partial charge < -0.3 is 5.32 Å². The van der Waals surface area contributed by atoms with E-state index in [-0.39, 0.29) is 32.7 Å². The molecule has 9 nitrogen and oxygen atoms in total. The number of hydrogen-bond acceptors (Lipinski definition) is 7. The fourth-order valence-corrected chi connectivity index (χ4v) is 5.77. The predicted molar refractivity (Wildman–Crippen MR) is 131 cm³/mol. The van der Waals surface area contributed by atoms with Crippen LogP contribution in [0.25, 0.3) is 0 Å². The Bertz CT molecular complexity index is 1300. The molecule has 0 aliphatic heterocycles. The number of benzene rings is 2. The molecule has 2 aromatic carbocycles. The van der Waals surface area contributed by atoms with Gasteiger partial charge in [-0.05, 0) is 44.0 Å². The number of aromatic nitrogens is 2. The second-order valence-electron chi connectivity index (χ2n) is 8.16. The van der Waals surface area contributed by atoms with E-state index < -0.39 is 15.9 Å². The van der Waals surface area contributed by atoms with Crippen molar-refractivity contribution < 1.29 is 18.0 Å². The third-order valence-electron chi connectivity index (χ3n) is 5.49. The zero-order chi connectivity index (χ0) is 24.1. The van der Waals surface area contributed by atoms with Gasteiger partial charge in [-0.2, -0.15) is 8.42 Å². The Morgan fingerprint density at radius 1 is 0.971 bits per heavy atom. The second-order valence-corrected chi connectivity index (χ2v) is 11.0. The number of sulfonamides is 1. The van der Waals surface area contributed by atoms with Crippen molar-refractivity contribution in [2.45, 2.75) is 49.4 Å². The van der Waals surface area contributed by atoms with Crippen molar-refractivity contribution in [2.24, 2.45) is 0 Å². The normalized spacial score (nSPS) is 14.4. The zero-order valence-electron chi connectivity index (χ0n) is 18.6. The highest BCUT2D eigenvalue weighted by Gasteiger charge is 2.25. The maximum absolute atomic E-state index is 12.9. The molecule has 0 radical (unpaired) electrons. The van der Waals surface area contributed by atoms with Crippen LogP contribution in [0, 0.1) is 6.92 Å². The van der Waals surface area contributed by atoms with Crippen LogP contribution in [0.3, 0.4) is 0 Å². The van der Waals surface area contributed by atoms with Gasteiger partial charge in [-0.25, -0.2) is 0 Å². The van der Waals surface area contributed by atoms with Crippen molar-refractivity contribution in [3.8, 4) is 0 Å². The Morgan fingerprint density at radius 3 is 2.50 bits per heavy atom. The molecule has 178 valence electrons. The Hall–Kier alpha value is -3.31. The number of nitrogens with zero attached hydrogens (tertiary/aromatic N) is 2. The van der Waals surface area contributed by atoms with Gasteiger partial charge >= 0.3 is 0 Å². The molecule has 4 rings (SSSR count). The third kappa shape index (κ3) is 5.78. The molecule has 3 aromatic rings. The molecule has 1 aliphatic rings. The number of hydrogen-bond donors (Lipinski definition) is 3. The molecule has 1 fully saturated rings. The van der Waals surface area contributed by atoms with Crippen molar-refractivity contribution in [2.75, 3.05) is 10.0 Å². The van der Waals surface area contributed by atoms with Gasteiger partial charge in [-0.1, -0.05) is 60.4 Å². The lowest BCUT2D eigenvalue weighted by Crippen LogP contribution is -2.36. The smallest absolute Gasteiger partial charge is 0.291 e. The largest absolute Gasteiger partial charge is 0.349 e. The summed E-state index contributed by atoms with van der Waals surface area (Å²) in [6.45, 7) is 1.87. The first-order valence-corrected chi connectivity index (χ1v) is 13.3. The molecule has 11 heteroatoms. The molecular formula is C23H25N5O4S2. The van der Waals surface area contributed by atoms with Gasteiger partial charge in [0.05, 0.1) is 11.3 Å². The van der Waals surface area contributed by atoms with E-state index in [0.717, 1.165) is 49.0 Å². The topological polar surface area (TPSA) is 130 Å². The first kappa shape index (κ1) is 23.8. The number of carbonyl (C=O) groups is 2. The van der Waals surface area contributed by atoms with E-state index in [1.807, 2.05) is 13.0 Å². The SMILES string of the molecule is Cc1cccc(C(=O)Nc2nnc(S(=O)(=O)Nc3ccccc3C(=O)NC3CCCCC3)s2)c1. The van der Waals surface area contributed by atoms with E-state index in [4.69, 9.17) is 0 Å². The fraction of sp³-hybridized carbons (Fsp3) is 0.304. The Kier molecular flexibility index (Phi) is 7.23. The lowest BCUT2D eigenvalue weighted by Gasteiger charge is -2.23. The van der Waals surface area contributed by atoms with Gasteiger partial charge in [-0.15, -0.1) is 10.2 Å². The van der Waals surface area contributed by atoms with Crippen LogP contribution >= 0.6 is 11.3 Å². The van der Waals surface area contributed by atoms with Crippen molar-refractivity contribution in [3.63, 3.8) is 0 Å². The van der Waals surface area contributed by atoms with E-state index in [0.29, 0.717) is 5.56 Å². The monoisotopic (exact) mass is 499 g/mol. The molecule has 2 amide bonds. The fourth-order valence-electron chi connectivity index (χ4n) is 3.79. The molecule has 1 aliphatic carbocycles. The summed E-state index contributed by atoms with van der Waals surface area (Å²) < 4.78 is 28.0. The first-order chi connectivity index (χ1) is 16.3. The highest BCUT2D eigenvalue weighted by Crippen LogP contribution is 2.25. The summed E-state index contributed by atoms with van der Waals surface area (Å²) >= 11 is 0.724. The highest BCUT2D eigenvalue weighted by atomic mass is 32.2. The van der Waals surface area contributed by atoms with Crippen LogP contribution in [-0.4, -0.2) is 36.5 Å². The summed E-state index contributed by atoms with van der Waals surface area (Å²) in [5.74, 6) is -0.741. The second kappa shape index (κ2) is 10.3.